The maximum atomic E-state index is 6.23. The minimum atomic E-state index is 0.604. The third-order valence-corrected chi connectivity index (χ3v) is 8.71. The van der Waals surface area contributed by atoms with Gasteiger partial charge in [-0.1, -0.05) is 133 Å². The molecule has 7 aromatic carbocycles. The van der Waals surface area contributed by atoms with Gasteiger partial charge in [0.1, 0.15) is 11.2 Å². The molecule has 0 aliphatic heterocycles. The van der Waals surface area contributed by atoms with Gasteiger partial charge in [0.05, 0.1) is 0 Å². The van der Waals surface area contributed by atoms with Gasteiger partial charge in [0.25, 0.3) is 0 Å². The molecule has 9 rings (SSSR count). The number of hydrogen-bond acceptors (Lipinski definition) is 4. The molecule has 47 heavy (non-hydrogen) atoms. The Hall–Kier alpha value is -6.39. The summed E-state index contributed by atoms with van der Waals surface area (Å²) >= 11 is 0. The van der Waals surface area contributed by atoms with Crippen LogP contribution in [0.15, 0.2) is 168 Å². The molecule has 0 unspecified atom stereocenters. The molecule has 0 saturated heterocycles. The highest BCUT2D eigenvalue weighted by Gasteiger charge is 2.18. The van der Waals surface area contributed by atoms with E-state index < -0.39 is 0 Å². The van der Waals surface area contributed by atoms with Crippen molar-refractivity contribution in [1.29, 1.82) is 0 Å². The van der Waals surface area contributed by atoms with Crippen LogP contribution in [-0.2, 0) is 0 Å². The van der Waals surface area contributed by atoms with Crippen molar-refractivity contribution >= 4 is 32.7 Å². The smallest absolute Gasteiger partial charge is 0.164 e. The zero-order valence-corrected chi connectivity index (χ0v) is 25.3. The summed E-state index contributed by atoms with van der Waals surface area (Å²) < 4.78 is 6.23. The van der Waals surface area contributed by atoms with E-state index in [0.717, 1.165) is 55.1 Å². The van der Waals surface area contributed by atoms with Gasteiger partial charge in [-0.25, -0.2) is 15.0 Å². The number of hydrogen-bond donors (Lipinski definition) is 0. The highest BCUT2D eigenvalue weighted by Crippen LogP contribution is 2.38. The summed E-state index contributed by atoms with van der Waals surface area (Å²) in [5, 5.41) is 4.33. The normalized spacial score (nSPS) is 11.4. The van der Waals surface area contributed by atoms with E-state index >= 15 is 0 Å². The lowest BCUT2D eigenvalue weighted by Crippen LogP contribution is -2.00. The van der Waals surface area contributed by atoms with Crippen LogP contribution in [0.25, 0.3) is 89.1 Å². The van der Waals surface area contributed by atoms with Crippen molar-refractivity contribution in [3.05, 3.63) is 164 Å². The van der Waals surface area contributed by atoms with Crippen LogP contribution in [0, 0.1) is 0 Å². The standard InChI is InChI=1S/C43H27N3O/c1-3-13-28(14-4-1)30-18-11-19-32(25-30)37-27-33(26-31-17-7-8-20-34(31)37)42-44-41(29-15-5-2-6-16-29)45-43(46-42)36-22-12-24-39-40(36)35-21-9-10-23-38(35)47-39/h1-27H. The molecular formula is C43H27N3O. The van der Waals surface area contributed by atoms with Crippen LogP contribution in [0.3, 0.4) is 0 Å². The molecule has 0 radical (unpaired) electrons. The van der Waals surface area contributed by atoms with Crippen LogP contribution < -0.4 is 0 Å². The molecule has 4 nitrogen and oxygen atoms in total. The summed E-state index contributed by atoms with van der Waals surface area (Å²) in [7, 11) is 0. The number of nitrogens with zero attached hydrogens (tertiary/aromatic N) is 3. The molecule has 0 N–H and O–H groups in total. The Balaban J connectivity index is 1.28. The number of para-hydroxylation sites is 1. The third-order valence-electron chi connectivity index (χ3n) is 8.71. The van der Waals surface area contributed by atoms with E-state index in [4.69, 9.17) is 19.4 Å². The minimum absolute atomic E-state index is 0.604. The van der Waals surface area contributed by atoms with Crippen LogP contribution in [0.5, 0.6) is 0 Å². The summed E-state index contributed by atoms with van der Waals surface area (Å²) in [6.45, 7) is 0. The Kier molecular flexibility index (Phi) is 6.43. The molecular weight excluding hydrogens is 574 g/mol. The predicted molar refractivity (Wildman–Crippen MR) is 192 cm³/mol. The van der Waals surface area contributed by atoms with Crippen LogP contribution in [-0.4, -0.2) is 15.0 Å². The number of aromatic nitrogens is 3. The summed E-state index contributed by atoms with van der Waals surface area (Å²) in [4.78, 5) is 15.3. The first-order valence-electron chi connectivity index (χ1n) is 15.7. The van der Waals surface area contributed by atoms with Crippen LogP contribution in [0.4, 0.5) is 0 Å². The Labute approximate surface area is 271 Å². The van der Waals surface area contributed by atoms with Gasteiger partial charge < -0.3 is 4.42 Å². The Morgan fingerprint density at radius 2 is 0.936 bits per heavy atom. The van der Waals surface area contributed by atoms with E-state index in [1.165, 1.54) is 16.5 Å². The SMILES string of the molecule is c1ccc(-c2cccc(-c3cc(-c4nc(-c5ccccc5)nc(-c5cccc6oc7ccccc7c56)n4)cc4ccccc34)c2)cc1. The van der Waals surface area contributed by atoms with E-state index in [0.29, 0.717) is 17.5 Å². The predicted octanol–water partition coefficient (Wildman–Crippen LogP) is 11.3. The maximum Gasteiger partial charge on any atom is 0.164 e. The van der Waals surface area contributed by atoms with Crippen molar-refractivity contribution in [3.8, 4) is 56.4 Å². The number of benzene rings is 7. The fourth-order valence-electron chi connectivity index (χ4n) is 6.48. The van der Waals surface area contributed by atoms with Gasteiger partial charge >= 0.3 is 0 Å². The zero-order valence-electron chi connectivity index (χ0n) is 25.3. The van der Waals surface area contributed by atoms with Gasteiger partial charge in [-0.05, 0) is 63.4 Å². The third kappa shape index (κ3) is 4.84. The fourth-order valence-corrected chi connectivity index (χ4v) is 6.48. The zero-order chi connectivity index (χ0) is 31.2. The summed E-state index contributed by atoms with van der Waals surface area (Å²) in [5.74, 6) is 1.84. The van der Waals surface area contributed by atoms with E-state index in [9.17, 15) is 0 Å². The molecule has 220 valence electrons. The van der Waals surface area contributed by atoms with Crippen molar-refractivity contribution in [3.63, 3.8) is 0 Å². The second-order valence-corrected chi connectivity index (χ2v) is 11.6. The first-order valence-corrected chi connectivity index (χ1v) is 15.7. The molecule has 4 heteroatoms. The lowest BCUT2D eigenvalue weighted by atomic mass is 9.93. The van der Waals surface area contributed by atoms with Gasteiger partial charge in [-0.15, -0.1) is 0 Å². The molecule has 0 amide bonds. The molecule has 0 atom stereocenters. The molecule has 0 spiro atoms. The molecule has 0 bridgehead atoms. The molecule has 0 aliphatic rings. The largest absolute Gasteiger partial charge is 0.456 e. The van der Waals surface area contributed by atoms with Gasteiger partial charge in [-0.3, -0.25) is 0 Å². The van der Waals surface area contributed by atoms with Crippen LogP contribution in [0.2, 0.25) is 0 Å². The van der Waals surface area contributed by atoms with Crippen LogP contribution >= 0.6 is 0 Å². The van der Waals surface area contributed by atoms with Gasteiger partial charge in [0.15, 0.2) is 17.5 Å². The molecule has 9 aromatic rings. The lowest BCUT2D eigenvalue weighted by molar-refractivity contribution is 0.669. The molecule has 2 heterocycles. The van der Waals surface area contributed by atoms with Crippen molar-refractivity contribution in [2.24, 2.45) is 0 Å². The number of rotatable bonds is 5. The van der Waals surface area contributed by atoms with E-state index in [1.807, 2.05) is 66.7 Å². The second kappa shape index (κ2) is 11.2. The highest BCUT2D eigenvalue weighted by molar-refractivity contribution is 6.11. The number of fused-ring (bicyclic) bond motifs is 4. The van der Waals surface area contributed by atoms with Crippen molar-refractivity contribution in [2.75, 3.05) is 0 Å². The molecule has 0 saturated carbocycles. The summed E-state index contributed by atoms with van der Waals surface area (Å²) in [6.07, 6.45) is 0. The average molecular weight is 602 g/mol. The first kappa shape index (κ1) is 27.0. The quantitative estimate of drug-likeness (QED) is 0.197. The van der Waals surface area contributed by atoms with Gasteiger partial charge in [0, 0.05) is 27.5 Å². The van der Waals surface area contributed by atoms with Gasteiger partial charge in [-0.2, -0.15) is 0 Å². The molecule has 0 aliphatic carbocycles. The van der Waals surface area contributed by atoms with E-state index in [2.05, 4.69) is 97.1 Å². The Bertz CT molecular complexity index is 2570. The Morgan fingerprint density at radius 3 is 1.77 bits per heavy atom. The van der Waals surface area contributed by atoms with Crippen molar-refractivity contribution in [1.82, 2.24) is 15.0 Å². The van der Waals surface area contributed by atoms with Crippen LogP contribution in [0.1, 0.15) is 0 Å². The second-order valence-electron chi connectivity index (χ2n) is 11.6. The lowest BCUT2D eigenvalue weighted by Gasteiger charge is -2.13. The maximum absolute atomic E-state index is 6.23. The van der Waals surface area contributed by atoms with Gasteiger partial charge in [0.2, 0.25) is 0 Å². The van der Waals surface area contributed by atoms with E-state index in [-0.39, 0.29) is 0 Å². The van der Waals surface area contributed by atoms with E-state index in [1.54, 1.807) is 0 Å². The van der Waals surface area contributed by atoms with Crippen molar-refractivity contribution in [2.45, 2.75) is 0 Å². The highest BCUT2D eigenvalue weighted by atomic mass is 16.3. The summed E-state index contributed by atoms with van der Waals surface area (Å²) in [6, 6.07) is 56.4. The molecule has 0 fully saturated rings. The summed E-state index contributed by atoms with van der Waals surface area (Å²) in [5.41, 5.74) is 9.02. The monoisotopic (exact) mass is 601 g/mol. The minimum Gasteiger partial charge on any atom is -0.456 e. The fraction of sp³-hybridized carbons (Fsp3) is 0. The first-order chi connectivity index (χ1) is 23.3. The average Bonchev–Trinajstić information content (AvgIpc) is 3.54. The number of furan rings is 1. The topological polar surface area (TPSA) is 51.8 Å². The molecule has 2 aromatic heterocycles. The van der Waals surface area contributed by atoms with Crippen molar-refractivity contribution < 1.29 is 4.42 Å². The Morgan fingerprint density at radius 1 is 0.340 bits per heavy atom.